The molecule has 0 aliphatic carbocycles. The number of aldehydes is 1. The number of carbonyl (C=O) groups excluding carboxylic acids is 1. The Morgan fingerprint density at radius 1 is 1.07 bits per heavy atom. The molecule has 3 heteroatoms. The number of benzene rings is 1. The Kier molecular flexibility index (Phi) is 2.92. The maximum Gasteiger partial charge on any atom is 0.168 e. The number of hydrogen-bond acceptors (Lipinski definition) is 2. The van der Waals surface area contributed by atoms with Gasteiger partial charge in [-0.25, -0.2) is 0 Å². The molecule has 0 N–H and O–H groups in total. The molecule has 2 aromatic rings. The van der Waals surface area contributed by atoms with Gasteiger partial charge in [0.1, 0.15) is 5.69 Å². The highest BCUT2D eigenvalue weighted by molar-refractivity contribution is 9.10. The number of halogens is 1. The van der Waals surface area contributed by atoms with Crippen LogP contribution < -0.4 is 0 Å². The summed E-state index contributed by atoms with van der Waals surface area (Å²) in [4.78, 5) is 14.5. The Morgan fingerprint density at radius 2 is 1.80 bits per heavy atom. The summed E-state index contributed by atoms with van der Waals surface area (Å²) in [6.07, 6.45) is 2.39. The summed E-state index contributed by atoms with van der Waals surface area (Å²) in [5.41, 5.74) is 2.53. The molecule has 0 atom stereocenters. The molecule has 0 fully saturated rings. The van der Waals surface area contributed by atoms with Crippen LogP contribution in [0.5, 0.6) is 0 Å². The molecule has 1 aromatic heterocycles. The van der Waals surface area contributed by atoms with Crippen LogP contribution >= 0.6 is 15.9 Å². The molecule has 1 aromatic carbocycles. The van der Waals surface area contributed by atoms with Crippen molar-refractivity contribution < 1.29 is 4.79 Å². The summed E-state index contributed by atoms with van der Waals surface area (Å²) < 4.78 is 1.04. The number of nitrogens with zero attached hydrogens (tertiary/aromatic N) is 1. The molecule has 1 heterocycles. The van der Waals surface area contributed by atoms with Crippen LogP contribution in [0.3, 0.4) is 0 Å². The van der Waals surface area contributed by atoms with Crippen molar-refractivity contribution in [1.82, 2.24) is 4.98 Å². The van der Waals surface area contributed by atoms with E-state index < -0.39 is 0 Å². The highest BCUT2D eigenvalue weighted by atomic mass is 79.9. The Bertz CT molecular complexity index is 479. The Balaban J connectivity index is 2.44. The number of hydrogen-bond donors (Lipinski definition) is 0. The molecule has 0 aliphatic rings. The molecule has 0 bridgehead atoms. The van der Waals surface area contributed by atoms with Crippen LogP contribution in [0.2, 0.25) is 0 Å². The fourth-order valence-corrected chi connectivity index (χ4v) is 1.60. The summed E-state index contributed by atoms with van der Waals surface area (Å²) in [7, 11) is 0. The second-order valence-electron chi connectivity index (χ2n) is 3.09. The van der Waals surface area contributed by atoms with Gasteiger partial charge in [0.25, 0.3) is 0 Å². The molecule has 0 saturated heterocycles. The molecule has 0 spiro atoms. The van der Waals surface area contributed by atoms with E-state index in [1.165, 1.54) is 0 Å². The Hall–Kier alpha value is -1.48. The first-order valence-corrected chi connectivity index (χ1v) is 5.26. The number of pyridine rings is 1. The minimum atomic E-state index is 0.454. The fourth-order valence-electron chi connectivity index (χ4n) is 1.33. The summed E-state index contributed by atoms with van der Waals surface area (Å²) in [5, 5.41) is 0. The summed E-state index contributed by atoms with van der Waals surface area (Å²) in [5.74, 6) is 0. The molecule has 0 radical (unpaired) electrons. The zero-order valence-electron chi connectivity index (χ0n) is 7.85. The van der Waals surface area contributed by atoms with Crippen LogP contribution in [0.15, 0.2) is 47.1 Å². The van der Waals surface area contributed by atoms with Crippen LogP contribution in [-0.2, 0) is 0 Å². The van der Waals surface area contributed by atoms with Crippen LogP contribution in [0, 0.1) is 0 Å². The zero-order chi connectivity index (χ0) is 10.7. The number of rotatable bonds is 2. The van der Waals surface area contributed by atoms with Gasteiger partial charge in [0.05, 0.1) is 0 Å². The Labute approximate surface area is 96.1 Å². The second kappa shape index (κ2) is 4.36. The standard InChI is InChI=1S/C12H8BrNO/c13-11-3-1-9(2-4-11)10-5-6-14-12(7-10)8-15/h1-8H. The molecule has 15 heavy (non-hydrogen) atoms. The third-order valence-corrected chi connectivity index (χ3v) is 2.61. The molecule has 74 valence electrons. The van der Waals surface area contributed by atoms with E-state index in [2.05, 4.69) is 20.9 Å². The largest absolute Gasteiger partial charge is 0.296 e. The quantitative estimate of drug-likeness (QED) is 0.777. The first-order valence-electron chi connectivity index (χ1n) is 4.47. The predicted molar refractivity (Wildman–Crippen MR) is 62.8 cm³/mol. The van der Waals surface area contributed by atoms with E-state index in [-0.39, 0.29) is 0 Å². The van der Waals surface area contributed by atoms with Crippen LogP contribution in [0.25, 0.3) is 11.1 Å². The molecule has 2 nitrogen and oxygen atoms in total. The maximum atomic E-state index is 10.6. The number of aromatic nitrogens is 1. The van der Waals surface area contributed by atoms with Gasteiger partial charge in [0.2, 0.25) is 0 Å². The van der Waals surface area contributed by atoms with E-state index in [0.717, 1.165) is 21.9 Å². The molecule has 0 amide bonds. The van der Waals surface area contributed by atoms with E-state index in [9.17, 15) is 4.79 Å². The van der Waals surface area contributed by atoms with Crippen molar-refractivity contribution in [3.63, 3.8) is 0 Å². The van der Waals surface area contributed by atoms with E-state index in [4.69, 9.17) is 0 Å². The second-order valence-corrected chi connectivity index (χ2v) is 4.01. The van der Waals surface area contributed by atoms with Gasteiger partial charge in [-0.05, 0) is 35.4 Å². The molecular formula is C12H8BrNO. The fraction of sp³-hybridized carbons (Fsp3) is 0. The monoisotopic (exact) mass is 261 g/mol. The first-order chi connectivity index (χ1) is 7.29. The van der Waals surface area contributed by atoms with E-state index in [1.54, 1.807) is 12.3 Å². The molecule has 2 rings (SSSR count). The highest BCUT2D eigenvalue weighted by Gasteiger charge is 1.99. The van der Waals surface area contributed by atoms with Crippen molar-refractivity contribution in [3.8, 4) is 11.1 Å². The van der Waals surface area contributed by atoms with Gasteiger partial charge in [0.15, 0.2) is 6.29 Å². The lowest BCUT2D eigenvalue weighted by molar-refractivity contribution is 0.111. The van der Waals surface area contributed by atoms with Gasteiger partial charge in [-0.1, -0.05) is 28.1 Å². The maximum absolute atomic E-state index is 10.6. The highest BCUT2D eigenvalue weighted by Crippen LogP contribution is 2.21. The molecule has 0 aliphatic heterocycles. The van der Waals surface area contributed by atoms with Crippen molar-refractivity contribution in [1.29, 1.82) is 0 Å². The van der Waals surface area contributed by atoms with Gasteiger partial charge in [-0.3, -0.25) is 9.78 Å². The van der Waals surface area contributed by atoms with E-state index >= 15 is 0 Å². The third-order valence-electron chi connectivity index (χ3n) is 2.08. The summed E-state index contributed by atoms with van der Waals surface area (Å²) in [6, 6.07) is 11.6. The number of carbonyl (C=O) groups is 1. The van der Waals surface area contributed by atoms with Gasteiger partial charge < -0.3 is 0 Å². The van der Waals surface area contributed by atoms with Gasteiger partial charge in [-0.15, -0.1) is 0 Å². The zero-order valence-corrected chi connectivity index (χ0v) is 9.44. The van der Waals surface area contributed by atoms with E-state index in [1.807, 2.05) is 30.3 Å². The van der Waals surface area contributed by atoms with Crippen molar-refractivity contribution >= 4 is 22.2 Å². The van der Waals surface area contributed by atoms with Crippen LogP contribution in [0.1, 0.15) is 10.5 Å². The SMILES string of the molecule is O=Cc1cc(-c2ccc(Br)cc2)ccn1. The minimum absolute atomic E-state index is 0.454. The van der Waals surface area contributed by atoms with Crippen molar-refractivity contribution in [3.05, 3.63) is 52.8 Å². The van der Waals surface area contributed by atoms with Crippen molar-refractivity contribution in [2.24, 2.45) is 0 Å². The normalized spacial score (nSPS) is 9.93. The van der Waals surface area contributed by atoms with Crippen molar-refractivity contribution in [2.45, 2.75) is 0 Å². The third kappa shape index (κ3) is 2.30. The lowest BCUT2D eigenvalue weighted by atomic mass is 10.1. The average molecular weight is 262 g/mol. The topological polar surface area (TPSA) is 30.0 Å². The smallest absolute Gasteiger partial charge is 0.168 e. The van der Waals surface area contributed by atoms with Gasteiger partial charge in [0, 0.05) is 10.7 Å². The van der Waals surface area contributed by atoms with Gasteiger partial charge >= 0.3 is 0 Å². The summed E-state index contributed by atoms with van der Waals surface area (Å²) >= 11 is 3.38. The lowest BCUT2D eigenvalue weighted by Crippen LogP contribution is -1.86. The molecular weight excluding hydrogens is 254 g/mol. The Morgan fingerprint density at radius 3 is 2.47 bits per heavy atom. The van der Waals surface area contributed by atoms with Gasteiger partial charge in [-0.2, -0.15) is 0 Å². The first kappa shape index (κ1) is 10.1. The van der Waals surface area contributed by atoms with Crippen LogP contribution in [0.4, 0.5) is 0 Å². The lowest BCUT2D eigenvalue weighted by Gasteiger charge is -2.01. The predicted octanol–water partition coefficient (Wildman–Crippen LogP) is 3.32. The molecule has 0 unspecified atom stereocenters. The minimum Gasteiger partial charge on any atom is -0.296 e. The van der Waals surface area contributed by atoms with Crippen molar-refractivity contribution in [2.75, 3.05) is 0 Å². The summed E-state index contributed by atoms with van der Waals surface area (Å²) in [6.45, 7) is 0. The average Bonchev–Trinajstić information content (AvgIpc) is 2.30. The van der Waals surface area contributed by atoms with Crippen LogP contribution in [-0.4, -0.2) is 11.3 Å². The molecule has 0 saturated carbocycles. The van der Waals surface area contributed by atoms with E-state index in [0.29, 0.717) is 5.69 Å².